The van der Waals surface area contributed by atoms with E-state index in [1.165, 1.54) is 4.88 Å². The fourth-order valence-electron chi connectivity index (χ4n) is 3.29. The van der Waals surface area contributed by atoms with Crippen LogP contribution >= 0.6 is 33.9 Å². The molecule has 0 spiro atoms. The number of rotatable bonds is 3. The van der Waals surface area contributed by atoms with Gasteiger partial charge in [-0.15, -0.1) is 11.3 Å². The number of esters is 1. The van der Waals surface area contributed by atoms with Gasteiger partial charge in [-0.1, -0.05) is 13.0 Å². The second-order valence-corrected chi connectivity index (χ2v) is 8.96. The number of aryl methyl sites for hydroxylation is 1. The minimum atomic E-state index is -0.425. The Morgan fingerprint density at radius 2 is 2.31 bits per heavy atom. The van der Waals surface area contributed by atoms with Gasteiger partial charge in [0.15, 0.2) is 0 Å². The van der Waals surface area contributed by atoms with Crippen LogP contribution in [0.2, 0.25) is 0 Å². The first-order chi connectivity index (χ1) is 12.5. The third kappa shape index (κ3) is 3.42. The summed E-state index contributed by atoms with van der Waals surface area (Å²) in [5.41, 5.74) is 1.50. The van der Waals surface area contributed by atoms with Gasteiger partial charge in [0.1, 0.15) is 17.3 Å². The van der Waals surface area contributed by atoms with Gasteiger partial charge in [-0.25, -0.2) is 9.78 Å². The highest BCUT2D eigenvalue weighted by Gasteiger charge is 2.23. The molecule has 134 valence electrons. The van der Waals surface area contributed by atoms with E-state index in [-0.39, 0.29) is 12.2 Å². The van der Waals surface area contributed by atoms with Gasteiger partial charge in [-0.3, -0.25) is 4.79 Å². The van der Waals surface area contributed by atoms with Crippen molar-refractivity contribution in [1.82, 2.24) is 9.97 Å². The van der Waals surface area contributed by atoms with Gasteiger partial charge in [0.2, 0.25) is 0 Å². The van der Waals surface area contributed by atoms with Crippen molar-refractivity contribution in [3.8, 4) is 0 Å². The molecular weight excluding hydrogens is 463 g/mol. The lowest BCUT2D eigenvalue weighted by atomic mass is 9.89. The van der Waals surface area contributed by atoms with Crippen LogP contribution in [0.15, 0.2) is 29.1 Å². The molecule has 1 aliphatic rings. The molecule has 1 aromatic carbocycles. The van der Waals surface area contributed by atoms with E-state index in [1.807, 2.05) is 12.1 Å². The number of fused-ring (bicyclic) bond motifs is 3. The van der Waals surface area contributed by atoms with Gasteiger partial charge in [0.25, 0.3) is 5.56 Å². The number of H-pyrrole nitrogens is 1. The molecule has 0 saturated carbocycles. The van der Waals surface area contributed by atoms with Crippen LogP contribution in [0, 0.1) is 9.49 Å². The smallest absolute Gasteiger partial charge is 0.338 e. The quantitative estimate of drug-likeness (QED) is 0.453. The molecule has 26 heavy (non-hydrogen) atoms. The molecule has 4 rings (SSSR count). The summed E-state index contributed by atoms with van der Waals surface area (Å²) in [5.74, 6) is 0.599. The first-order valence-electron chi connectivity index (χ1n) is 8.47. The van der Waals surface area contributed by atoms with Crippen LogP contribution in [0.25, 0.3) is 10.2 Å². The van der Waals surface area contributed by atoms with E-state index < -0.39 is 5.97 Å². The molecule has 0 amide bonds. The maximum absolute atomic E-state index is 12.5. The average molecular weight is 480 g/mol. The summed E-state index contributed by atoms with van der Waals surface area (Å²) in [4.78, 5) is 34.0. The van der Waals surface area contributed by atoms with Crippen molar-refractivity contribution in [3.63, 3.8) is 0 Å². The maximum atomic E-state index is 12.5. The highest BCUT2D eigenvalue weighted by atomic mass is 127. The number of benzene rings is 1. The summed E-state index contributed by atoms with van der Waals surface area (Å²) in [6.07, 6.45) is 3.04. The minimum Gasteiger partial charge on any atom is -0.454 e. The van der Waals surface area contributed by atoms with Crippen molar-refractivity contribution >= 4 is 50.1 Å². The third-order valence-electron chi connectivity index (χ3n) is 4.61. The fraction of sp³-hybridized carbons (Fsp3) is 0.316. The molecule has 3 aromatic rings. The number of hydrogen-bond acceptors (Lipinski definition) is 5. The van der Waals surface area contributed by atoms with Crippen molar-refractivity contribution in [2.45, 2.75) is 32.8 Å². The van der Waals surface area contributed by atoms with E-state index >= 15 is 0 Å². The Balaban J connectivity index is 1.58. The highest BCUT2D eigenvalue weighted by Crippen LogP contribution is 2.35. The number of nitrogens with one attached hydrogen (secondary N) is 1. The monoisotopic (exact) mass is 480 g/mol. The lowest BCUT2D eigenvalue weighted by molar-refractivity contribution is 0.0462. The molecule has 2 heterocycles. The standard InChI is InChI=1S/C19H17IN2O3S/c1-10-5-6-13-14(7-10)26-18-16(13)17(23)21-15(22-18)9-25-19(24)11-3-2-4-12(20)8-11/h2-4,8,10H,5-7,9H2,1H3,(H,21,22,23). The summed E-state index contributed by atoms with van der Waals surface area (Å²) in [6.45, 7) is 2.19. The van der Waals surface area contributed by atoms with Crippen LogP contribution in [-0.4, -0.2) is 15.9 Å². The molecule has 0 radical (unpaired) electrons. The lowest BCUT2D eigenvalue weighted by Crippen LogP contribution is -2.16. The van der Waals surface area contributed by atoms with Gasteiger partial charge < -0.3 is 9.72 Å². The zero-order chi connectivity index (χ0) is 18.3. The lowest BCUT2D eigenvalue weighted by Gasteiger charge is -2.17. The molecule has 0 aliphatic heterocycles. The minimum absolute atomic E-state index is 0.0472. The molecule has 5 nitrogen and oxygen atoms in total. The van der Waals surface area contributed by atoms with Crippen LogP contribution < -0.4 is 5.56 Å². The van der Waals surface area contributed by atoms with Crippen LogP contribution in [0.5, 0.6) is 0 Å². The van der Waals surface area contributed by atoms with Crippen molar-refractivity contribution < 1.29 is 9.53 Å². The van der Waals surface area contributed by atoms with Crippen LogP contribution in [0.4, 0.5) is 0 Å². The van der Waals surface area contributed by atoms with Crippen molar-refractivity contribution in [1.29, 1.82) is 0 Å². The molecule has 1 aliphatic carbocycles. The van der Waals surface area contributed by atoms with E-state index in [4.69, 9.17) is 4.74 Å². The Labute approximate surface area is 167 Å². The number of halogens is 1. The topological polar surface area (TPSA) is 72.0 Å². The zero-order valence-electron chi connectivity index (χ0n) is 14.2. The molecule has 1 N–H and O–H groups in total. The average Bonchev–Trinajstić information content (AvgIpc) is 2.97. The van der Waals surface area contributed by atoms with E-state index in [2.05, 4.69) is 39.5 Å². The molecule has 1 unspecified atom stereocenters. The van der Waals surface area contributed by atoms with Crippen molar-refractivity contribution in [3.05, 3.63) is 60.0 Å². The van der Waals surface area contributed by atoms with Gasteiger partial charge in [-0.2, -0.15) is 0 Å². The van der Waals surface area contributed by atoms with Crippen LogP contribution in [-0.2, 0) is 24.2 Å². The molecule has 0 fully saturated rings. The van der Waals surface area contributed by atoms with Crippen LogP contribution in [0.1, 0.15) is 40.0 Å². The number of aromatic amines is 1. The number of carbonyl (C=O) groups excluding carboxylic acids is 1. The number of nitrogens with zero attached hydrogens (tertiary/aromatic N) is 1. The first kappa shape index (κ1) is 17.7. The van der Waals surface area contributed by atoms with E-state index in [1.54, 1.807) is 23.5 Å². The second kappa shape index (κ2) is 7.11. The Morgan fingerprint density at radius 1 is 1.46 bits per heavy atom. The molecule has 7 heteroatoms. The molecule has 0 saturated heterocycles. The van der Waals surface area contributed by atoms with Crippen molar-refractivity contribution in [2.24, 2.45) is 5.92 Å². The predicted octanol–water partition coefficient (Wildman–Crippen LogP) is 4.07. The summed E-state index contributed by atoms with van der Waals surface area (Å²) >= 11 is 3.74. The highest BCUT2D eigenvalue weighted by molar-refractivity contribution is 14.1. The molecule has 1 atom stereocenters. The van der Waals surface area contributed by atoms with Crippen LogP contribution in [0.3, 0.4) is 0 Å². The molecular formula is C19H17IN2O3S. The number of thiophene rings is 1. The predicted molar refractivity (Wildman–Crippen MR) is 110 cm³/mol. The summed E-state index contributed by atoms with van der Waals surface area (Å²) in [7, 11) is 0. The molecule has 2 aromatic heterocycles. The Bertz CT molecular complexity index is 1060. The summed E-state index contributed by atoms with van der Waals surface area (Å²) in [6, 6.07) is 7.18. The van der Waals surface area contributed by atoms with Crippen molar-refractivity contribution in [2.75, 3.05) is 0 Å². The van der Waals surface area contributed by atoms with Gasteiger partial charge >= 0.3 is 5.97 Å². The normalized spacial score (nSPS) is 16.5. The largest absolute Gasteiger partial charge is 0.454 e. The fourth-order valence-corrected chi connectivity index (χ4v) is 5.24. The number of ether oxygens (including phenoxy) is 1. The summed E-state index contributed by atoms with van der Waals surface area (Å²) < 4.78 is 6.28. The number of carbonyl (C=O) groups is 1. The van der Waals surface area contributed by atoms with E-state index in [9.17, 15) is 9.59 Å². The first-order valence-corrected chi connectivity index (χ1v) is 10.4. The van der Waals surface area contributed by atoms with Gasteiger partial charge in [0, 0.05) is 8.45 Å². The molecule has 0 bridgehead atoms. The Kier molecular flexibility index (Phi) is 4.83. The SMILES string of the molecule is CC1CCc2c(sc3nc(COC(=O)c4cccc(I)c4)[nH]c(=O)c23)C1. The van der Waals surface area contributed by atoms with Gasteiger partial charge in [0.05, 0.1) is 10.9 Å². The summed E-state index contributed by atoms with van der Waals surface area (Å²) in [5, 5.41) is 0.713. The third-order valence-corrected chi connectivity index (χ3v) is 6.43. The van der Waals surface area contributed by atoms with E-state index in [0.717, 1.165) is 33.2 Å². The second-order valence-electron chi connectivity index (χ2n) is 6.63. The Morgan fingerprint density at radius 3 is 3.12 bits per heavy atom. The number of hydrogen-bond donors (Lipinski definition) is 1. The zero-order valence-corrected chi connectivity index (χ0v) is 17.1. The van der Waals surface area contributed by atoms with E-state index in [0.29, 0.717) is 22.7 Å². The van der Waals surface area contributed by atoms with Gasteiger partial charge in [-0.05, 0) is 71.5 Å². The number of aromatic nitrogens is 2. The maximum Gasteiger partial charge on any atom is 0.338 e. The Hall–Kier alpha value is -1.74.